The first-order chi connectivity index (χ1) is 9.09. The minimum absolute atomic E-state index is 0.0430. The van der Waals surface area contributed by atoms with Crippen LogP contribution in [0.5, 0.6) is 0 Å². The minimum Gasteiger partial charge on any atom is -0.479 e. The summed E-state index contributed by atoms with van der Waals surface area (Å²) >= 11 is 0. The molecule has 2 unspecified atom stereocenters. The molecule has 0 aromatic rings. The topological polar surface area (TPSA) is 78.9 Å². The van der Waals surface area contributed by atoms with Gasteiger partial charge in [-0.2, -0.15) is 0 Å². The zero-order chi connectivity index (χ0) is 13.9. The molecule has 2 fully saturated rings. The standard InChI is InChI=1S/C13H22N2O4/c1-2-4-13(5-3-6-14-13)12(18)15-7-8-19-10(9-15)11(16)17/h10,14H,2-9H2,1H3,(H,16,17). The van der Waals surface area contributed by atoms with E-state index in [0.29, 0.717) is 13.2 Å². The van der Waals surface area contributed by atoms with Crippen molar-refractivity contribution in [2.75, 3.05) is 26.2 Å². The summed E-state index contributed by atoms with van der Waals surface area (Å²) in [6, 6.07) is 0. The van der Waals surface area contributed by atoms with Crippen LogP contribution in [0.4, 0.5) is 0 Å². The second kappa shape index (κ2) is 5.88. The highest BCUT2D eigenvalue weighted by molar-refractivity contribution is 5.87. The van der Waals surface area contributed by atoms with Gasteiger partial charge in [0.25, 0.3) is 0 Å². The van der Waals surface area contributed by atoms with Crippen LogP contribution in [0.1, 0.15) is 32.6 Å². The average Bonchev–Trinajstić information content (AvgIpc) is 2.88. The summed E-state index contributed by atoms with van der Waals surface area (Å²) in [5, 5.41) is 12.3. The molecule has 108 valence electrons. The number of carboxylic acids is 1. The van der Waals surface area contributed by atoms with Gasteiger partial charge in [0, 0.05) is 6.54 Å². The van der Waals surface area contributed by atoms with E-state index >= 15 is 0 Å². The smallest absolute Gasteiger partial charge is 0.334 e. The molecule has 2 atom stereocenters. The summed E-state index contributed by atoms with van der Waals surface area (Å²) in [6.07, 6.45) is 2.69. The van der Waals surface area contributed by atoms with Crippen molar-refractivity contribution < 1.29 is 19.4 Å². The van der Waals surface area contributed by atoms with Crippen LogP contribution in [0.2, 0.25) is 0 Å². The number of carbonyl (C=O) groups is 2. The number of morpholine rings is 1. The summed E-state index contributed by atoms with van der Waals surface area (Å²) in [5.74, 6) is -0.956. The van der Waals surface area contributed by atoms with Gasteiger partial charge in [0.15, 0.2) is 6.10 Å². The van der Waals surface area contributed by atoms with Gasteiger partial charge in [-0.15, -0.1) is 0 Å². The predicted molar refractivity (Wildman–Crippen MR) is 68.8 cm³/mol. The van der Waals surface area contributed by atoms with Crippen molar-refractivity contribution >= 4 is 11.9 Å². The number of carbonyl (C=O) groups excluding carboxylic acids is 1. The lowest BCUT2D eigenvalue weighted by atomic mass is 9.90. The number of nitrogens with zero attached hydrogens (tertiary/aromatic N) is 1. The molecule has 2 aliphatic heterocycles. The molecule has 0 spiro atoms. The highest BCUT2D eigenvalue weighted by atomic mass is 16.5. The van der Waals surface area contributed by atoms with Crippen LogP contribution in [0.3, 0.4) is 0 Å². The molecule has 2 rings (SSSR count). The van der Waals surface area contributed by atoms with Crippen molar-refractivity contribution in [2.45, 2.75) is 44.2 Å². The molecule has 2 aliphatic rings. The molecule has 0 aromatic carbocycles. The summed E-state index contributed by atoms with van der Waals surface area (Å²) in [6.45, 7) is 3.86. The summed E-state index contributed by atoms with van der Waals surface area (Å²) < 4.78 is 5.16. The molecule has 1 amide bonds. The van der Waals surface area contributed by atoms with Crippen molar-refractivity contribution in [3.8, 4) is 0 Å². The van der Waals surface area contributed by atoms with Crippen LogP contribution in [-0.2, 0) is 14.3 Å². The largest absolute Gasteiger partial charge is 0.479 e. The van der Waals surface area contributed by atoms with E-state index in [1.807, 2.05) is 0 Å². The van der Waals surface area contributed by atoms with Gasteiger partial charge in [-0.1, -0.05) is 13.3 Å². The third-order valence-electron chi connectivity index (χ3n) is 3.96. The van der Waals surface area contributed by atoms with Gasteiger partial charge in [-0.05, 0) is 25.8 Å². The third-order valence-corrected chi connectivity index (χ3v) is 3.96. The van der Waals surface area contributed by atoms with Crippen molar-refractivity contribution in [3.05, 3.63) is 0 Å². The predicted octanol–water partition coefficient (Wildman–Crippen LogP) is 0.221. The molecule has 19 heavy (non-hydrogen) atoms. The number of hydrogen-bond donors (Lipinski definition) is 2. The zero-order valence-corrected chi connectivity index (χ0v) is 11.4. The monoisotopic (exact) mass is 270 g/mol. The number of nitrogens with one attached hydrogen (secondary N) is 1. The fourth-order valence-corrected chi connectivity index (χ4v) is 3.02. The Morgan fingerprint density at radius 2 is 2.32 bits per heavy atom. The molecule has 2 N–H and O–H groups in total. The lowest BCUT2D eigenvalue weighted by Gasteiger charge is -2.38. The van der Waals surface area contributed by atoms with E-state index in [4.69, 9.17) is 9.84 Å². The Labute approximate surface area is 113 Å². The molecular weight excluding hydrogens is 248 g/mol. The van der Waals surface area contributed by atoms with E-state index in [2.05, 4.69) is 12.2 Å². The molecule has 0 aromatic heterocycles. The van der Waals surface area contributed by atoms with E-state index in [9.17, 15) is 9.59 Å². The zero-order valence-electron chi connectivity index (χ0n) is 11.4. The molecule has 2 heterocycles. The lowest BCUT2D eigenvalue weighted by molar-refractivity contribution is -0.161. The van der Waals surface area contributed by atoms with E-state index < -0.39 is 17.6 Å². The molecule has 6 nitrogen and oxygen atoms in total. The van der Waals surface area contributed by atoms with Gasteiger partial charge in [0.05, 0.1) is 18.7 Å². The van der Waals surface area contributed by atoms with Crippen molar-refractivity contribution in [3.63, 3.8) is 0 Å². The average molecular weight is 270 g/mol. The Morgan fingerprint density at radius 1 is 1.53 bits per heavy atom. The number of aliphatic carboxylic acids is 1. The lowest BCUT2D eigenvalue weighted by Crippen LogP contribution is -2.59. The van der Waals surface area contributed by atoms with Gasteiger partial charge in [-0.3, -0.25) is 4.79 Å². The quantitative estimate of drug-likeness (QED) is 0.764. The molecule has 6 heteroatoms. The Hall–Kier alpha value is -1.14. The number of hydrogen-bond acceptors (Lipinski definition) is 4. The molecule has 0 aliphatic carbocycles. The third kappa shape index (κ3) is 2.90. The highest BCUT2D eigenvalue weighted by Gasteiger charge is 2.44. The summed E-state index contributed by atoms with van der Waals surface area (Å²) in [5.41, 5.74) is -0.477. The van der Waals surface area contributed by atoms with Gasteiger partial charge >= 0.3 is 5.97 Å². The van der Waals surface area contributed by atoms with Crippen LogP contribution >= 0.6 is 0 Å². The first-order valence-corrected chi connectivity index (χ1v) is 6.98. The molecule has 0 bridgehead atoms. The van der Waals surface area contributed by atoms with Gasteiger partial charge in [-0.25, -0.2) is 4.79 Å². The molecular formula is C13H22N2O4. The highest BCUT2D eigenvalue weighted by Crippen LogP contribution is 2.27. The fourth-order valence-electron chi connectivity index (χ4n) is 3.02. The number of amides is 1. The molecule has 0 radical (unpaired) electrons. The minimum atomic E-state index is -0.999. The second-order valence-electron chi connectivity index (χ2n) is 5.31. The number of carboxylic acid groups (broad SMARTS) is 1. The Bertz CT molecular complexity index is 353. The summed E-state index contributed by atoms with van der Waals surface area (Å²) in [7, 11) is 0. The SMILES string of the molecule is CCCC1(C(=O)N2CCOC(C(=O)O)C2)CCCN1. The van der Waals surface area contributed by atoms with E-state index in [1.54, 1.807) is 4.90 Å². The first kappa shape index (κ1) is 14.3. The van der Waals surface area contributed by atoms with Gasteiger partial charge in [0.2, 0.25) is 5.91 Å². The molecule has 2 saturated heterocycles. The van der Waals surface area contributed by atoms with E-state index in [-0.39, 0.29) is 12.5 Å². The van der Waals surface area contributed by atoms with Crippen LogP contribution < -0.4 is 5.32 Å². The maximum absolute atomic E-state index is 12.7. The van der Waals surface area contributed by atoms with E-state index in [1.165, 1.54) is 0 Å². The van der Waals surface area contributed by atoms with Gasteiger partial charge in [0.1, 0.15) is 0 Å². The van der Waals surface area contributed by atoms with Crippen LogP contribution in [0.25, 0.3) is 0 Å². The van der Waals surface area contributed by atoms with Crippen LogP contribution in [0, 0.1) is 0 Å². The normalized spacial score (nSPS) is 31.4. The van der Waals surface area contributed by atoms with E-state index in [0.717, 1.165) is 32.2 Å². The van der Waals surface area contributed by atoms with Crippen molar-refractivity contribution in [2.24, 2.45) is 0 Å². The number of ether oxygens (including phenoxy) is 1. The summed E-state index contributed by atoms with van der Waals surface area (Å²) in [4.78, 5) is 25.3. The maximum Gasteiger partial charge on any atom is 0.334 e. The fraction of sp³-hybridized carbons (Fsp3) is 0.846. The Balaban J connectivity index is 2.07. The molecule has 0 saturated carbocycles. The Morgan fingerprint density at radius 3 is 2.89 bits per heavy atom. The van der Waals surface area contributed by atoms with Crippen LogP contribution in [-0.4, -0.2) is 59.8 Å². The maximum atomic E-state index is 12.7. The van der Waals surface area contributed by atoms with Crippen LogP contribution in [0.15, 0.2) is 0 Å². The van der Waals surface area contributed by atoms with Crippen molar-refractivity contribution in [1.82, 2.24) is 10.2 Å². The first-order valence-electron chi connectivity index (χ1n) is 6.98. The number of rotatable bonds is 4. The van der Waals surface area contributed by atoms with Gasteiger partial charge < -0.3 is 20.1 Å². The second-order valence-corrected chi connectivity index (χ2v) is 5.31. The Kier molecular flexibility index (Phi) is 4.42. The van der Waals surface area contributed by atoms with Crippen molar-refractivity contribution in [1.29, 1.82) is 0 Å².